The predicted octanol–water partition coefficient (Wildman–Crippen LogP) is 2.16. The van der Waals surface area contributed by atoms with Crippen LogP contribution in [0.25, 0.3) is 0 Å². The molecule has 0 heterocycles. The number of hydrogen-bond acceptors (Lipinski definition) is 2. The van der Waals surface area contributed by atoms with E-state index in [4.69, 9.17) is 5.73 Å². The molecule has 0 atom stereocenters. The van der Waals surface area contributed by atoms with Crippen molar-refractivity contribution in [2.75, 3.05) is 13.1 Å². The van der Waals surface area contributed by atoms with Crippen LogP contribution in [0.3, 0.4) is 0 Å². The number of benzene rings is 1. The molecular formula is C16H22N2O. The van der Waals surface area contributed by atoms with Gasteiger partial charge in [0.1, 0.15) is 0 Å². The number of carbonyl (C=O) groups is 1. The summed E-state index contributed by atoms with van der Waals surface area (Å²) in [5.74, 6) is 5.65. The average molecular weight is 258 g/mol. The topological polar surface area (TPSA) is 55.1 Å². The van der Waals surface area contributed by atoms with Crippen molar-refractivity contribution in [1.29, 1.82) is 0 Å². The molecule has 0 saturated heterocycles. The molecule has 19 heavy (non-hydrogen) atoms. The van der Waals surface area contributed by atoms with Gasteiger partial charge in [-0.05, 0) is 30.0 Å². The van der Waals surface area contributed by atoms with Crippen molar-refractivity contribution < 1.29 is 4.79 Å². The Kier molecular flexibility index (Phi) is 5.59. The summed E-state index contributed by atoms with van der Waals surface area (Å²) in [6, 6.07) is 7.29. The molecule has 1 amide bonds. The van der Waals surface area contributed by atoms with E-state index in [2.05, 4.69) is 37.9 Å². The second-order valence-electron chi connectivity index (χ2n) is 5.29. The maximum atomic E-state index is 12.0. The van der Waals surface area contributed by atoms with Gasteiger partial charge in [-0.1, -0.05) is 38.7 Å². The van der Waals surface area contributed by atoms with E-state index in [9.17, 15) is 4.79 Å². The van der Waals surface area contributed by atoms with Crippen molar-refractivity contribution in [3.05, 3.63) is 35.4 Å². The monoisotopic (exact) mass is 258 g/mol. The Morgan fingerprint density at radius 3 is 2.79 bits per heavy atom. The summed E-state index contributed by atoms with van der Waals surface area (Å²) in [5, 5.41) is 2.96. The summed E-state index contributed by atoms with van der Waals surface area (Å²) in [6.07, 6.45) is 1.02. The van der Waals surface area contributed by atoms with E-state index in [0.29, 0.717) is 18.7 Å². The smallest absolute Gasteiger partial charge is 0.251 e. The third-order valence-electron chi connectivity index (χ3n) is 3.14. The summed E-state index contributed by atoms with van der Waals surface area (Å²) in [6.45, 7) is 7.38. The van der Waals surface area contributed by atoms with Gasteiger partial charge in [0.05, 0.1) is 6.54 Å². The molecule has 0 spiro atoms. The van der Waals surface area contributed by atoms with Crippen LogP contribution in [0.15, 0.2) is 24.3 Å². The molecule has 102 valence electrons. The molecule has 0 aliphatic heterocycles. The molecule has 0 radical (unpaired) electrons. The lowest BCUT2D eigenvalue weighted by Gasteiger charge is -2.22. The fraction of sp³-hybridized carbons (Fsp3) is 0.438. The fourth-order valence-electron chi connectivity index (χ4n) is 1.44. The third kappa shape index (κ3) is 5.15. The Morgan fingerprint density at radius 2 is 2.16 bits per heavy atom. The maximum absolute atomic E-state index is 12.0. The largest absolute Gasteiger partial charge is 0.352 e. The minimum atomic E-state index is -0.0575. The Labute approximate surface area is 115 Å². The van der Waals surface area contributed by atoms with Crippen molar-refractivity contribution in [2.45, 2.75) is 27.2 Å². The van der Waals surface area contributed by atoms with Gasteiger partial charge < -0.3 is 11.1 Å². The van der Waals surface area contributed by atoms with Crippen molar-refractivity contribution in [3.8, 4) is 11.8 Å². The molecule has 3 heteroatoms. The minimum Gasteiger partial charge on any atom is -0.352 e. The van der Waals surface area contributed by atoms with Crippen molar-refractivity contribution in [1.82, 2.24) is 5.32 Å². The predicted molar refractivity (Wildman–Crippen MR) is 78.8 cm³/mol. The van der Waals surface area contributed by atoms with E-state index in [1.54, 1.807) is 12.1 Å². The molecule has 0 aromatic heterocycles. The van der Waals surface area contributed by atoms with E-state index >= 15 is 0 Å². The molecule has 0 bridgehead atoms. The van der Waals surface area contributed by atoms with Crippen LogP contribution in [0.4, 0.5) is 0 Å². The van der Waals surface area contributed by atoms with Crippen molar-refractivity contribution in [3.63, 3.8) is 0 Å². The molecule has 0 aliphatic rings. The molecule has 0 saturated carbocycles. The number of amides is 1. The minimum absolute atomic E-state index is 0.0575. The number of carbonyl (C=O) groups excluding carboxylic acids is 1. The van der Waals surface area contributed by atoms with Crippen LogP contribution in [0.2, 0.25) is 0 Å². The fourth-order valence-corrected chi connectivity index (χ4v) is 1.44. The highest BCUT2D eigenvalue weighted by molar-refractivity contribution is 5.94. The summed E-state index contributed by atoms with van der Waals surface area (Å²) in [5.41, 5.74) is 6.90. The Morgan fingerprint density at radius 1 is 1.42 bits per heavy atom. The Balaban J connectivity index is 2.72. The van der Waals surface area contributed by atoms with Gasteiger partial charge in [0.25, 0.3) is 5.91 Å². The maximum Gasteiger partial charge on any atom is 0.251 e. The molecule has 1 aromatic rings. The van der Waals surface area contributed by atoms with Crippen LogP contribution in [-0.4, -0.2) is 19.0 Å². The average Bonchev–Trinajstić information content (AvgIpc) is 2.43. The standard InChI is InChI=1S/C16H22N2O/c1-4-16(2,3)12-18-15(19)14-9-5-7-13(11-14)8-6-10-17/h5,7,9,11H,4,10,12,17H2,1-3H3,(H,18,19). The molecular weight excluding hydrogens is 236 g/mol. The SMILES string of the molecule is CCC(C)(C)CNC(=O)c1cccc(C#CCN)c1. The molecule has 1 rings (SSSR count). The van der Waals surface area contributed by atoms with Crippen molar-refractivity contribution >= 4 is 5.91 Å². The highest BCUT2D eigenvalue weighted by atomic mass is 16.1. The van der Waals surface area contributed by atoms with Gasteiger partial charge in [-0.25, -0.2) is 0 Å². The first kappa shape index (κ1) is 15.3. The number of nitrogens with two attached hydrogens (primary N) is 1. The zero-order valence-electron chi connectivity index (χ0n) is 11.9. The quantitative estimate of drug-likeness (QED) is 0.813. The van der Waals surface area contributed by atoms with Gasteiger partial charge in [0.15, 0.2) is 0 Å². The van der Waals surface area contributed by atoms with E-state index in [-0.39, 0.29) is 11.3 Å². The Hall–Kier alpha value is -1.79. The normalized spacial score (nSPS) is 10.5. The summed E-state index contributed by atoms with van der Waals surface area (Å²) < 4.78 is 0. The first-order valence-corrected chi connectivity index (χ1v) is 6.56. The van der Waals surface area contributed by atoms with Crippen molar-refractivity contribution in [2.24, 2.45) is 11.1 Å². The first-order valence-electron chi connectivity index (χ1n) is 6.56. The molecule has 3 nitrogen and oxygen atoms in total. The van der Waals surface area contributed by atoms with E-state index in [0.717, 1.165) is 12.0 Å². The van der Waals surface area contributed by atoms with Crippen LogP contribution in [0.1, 0.15) is 43.1 Å². The molecule has 0 fully saturated rings. The molecule has 3 N–H and O–H groups in total. The van der Waals surface area contributed by atoms with Crippen LogP contribution in [0.5, 0.6) is 0 Å². The van der Waals surface area contributed by atoms with Gasteiger partial charge >= 0.3 is 0 Å². The number of rotatable bonds is 4. The molecule has 0 unspecified atom stereocenters. The number of hydrogen-bond donors (Lipinski definition) is 2. The van der Waals surface area contributed by atoms with Gasteiger partial charge in [-0.3, -0.25) is 4.79 Å². The zero-order chi connectivity index (χ0) is 14.3. The van der Waals surface area contributed by atoms with Gasteiger partial charge in [0, 0.05) is 17.7 Å². The van der Waals surface area contributed by atoms with Crippen LogP contribution in [-0.2, 0) is 0 Å². The van der Waals surface area contributed by atoms with Crippen LogP contribution in [0, 0.1) is 17.3 Å². The third-order valence-corrected chi connectivity index (χ3v) is 3.14. The van der Waals surface area contributed by atoms with Crippen LogP contribution >= 0.6 is 0 Å². The summed E-state index contributed by atoms with van der Waals surface area (Å²) in [7, 11) is 0. The Bertz CT molecular complexity index is 495. The highest BCUT2D eigenvalue weighted by Gasteiger charge is 2.16. The van der Waals surface area contributed by atoms with E-state index < -0.39 is 0 Å². The molecule has 0 aliphatic carbocycles. The lowest BCUT2D eigenvalue weighted by atomic mass is 9.90. The lowest BCUT2D eigenvalue weighted by molar-refractivity contribution is 0.0935. The highest BCUT2D eigenvalue weighted by Crippen LogP contribution is 2.18. The molecule has 1 aromatic carbocycles. The van der Waals surface area contributed by atoms with E-state index in [1.807, 2.05) is 12.1 Å². The first-order chi connectivity index (χ1) is 8.98. The van der Waals surface area contributed by atoms with E-state index in [1.165, 1.54) is 0 Å². The second-order valence-corrected chi connectivity index (χ2v) is 5.29. The zero-order valence-corrected chi connectivity index (χ0v) is 11.9. The second kappa shape index (κ2) is 6.96. The lowest BCUT2D eigenvalue weighted by Crippen LogP contribution is -2.33. The van der Waals surface area contributed by atoms with Gasteiger partial charge in [-0.15, -0.1) is 0 Å². The number of nitrogens with one attached hydrogen (secondary N) is 1. The summed E-state index contributed by atoms with van der Waals surface area (Å²) in [4.78, 5) is 12.0. The van der Waals surface area contributed by atoms with Gasteiger partial charge in [0.2, 0.25) is 0 Å². The van der Waals surface area contributed by atoms with Gasteiger partial charge in [-0.2, -0.15) is 0 Å². The summed E-state index contributed by atoms with van der Waals surface area (Å²) >= 11 is 0. The van der Waals surface area contributed by atoms with Crippen LogP contribution < -0.4 is 11.1 Å².